The third-order valence-corrected chi connectivity index (χ3v) is 4.91. The Kier molecular flexibility index (Phi) is 4.48. The van der Waals surface area contributed by atoms with Gasteiger partial charge in [0.1, 0.15) is 11.5 Å². The maximum Gasteiger partial charge on any atom is 0.228 e. The molecule has 1 saturated heterocycles. The van der Waals surface area contributed by atoms with Crippen LogP contribution in [0.1, 0.15) is 33.1 Å². The van der Waals surface area contributed by atoms with Crippen LogP contribution in [-0.4, -0.2) is 32.2 Å². The first-order valence-corrected chi connectivity index (χ1v) is 8.40. The molecule has 126 valence electrons. The molecule has 1 atom stereocenters. The van der Waals surface area contributed by atoms with Crippen molar-refractivity contribution in [1.82, 2.24) is 5.32 Å². The second-order valence-corrected chi connectivity index (χ2v) is 6.89. The van der Waals surface area contributed by atoms with Crippen LogP contribution in [0.4, 0.5) is 5.69 Å². The van der Waals surface area contributed by atoms with E-state index < -0.39 is 0 Å². The molecule has 1 aromatic rings. The molecule has 1 saturated carbocycles. The smallest absolute Gasteiger partial charge is 0.228 e. The third kappa shape index (κ3) is 3.44. The fourth-order valence-electron chi connectivity index (χ4n) is 3.51. The lowest BCUT2D eigenvalue weighted by atomic mass is 9.92. The molecule has 1 aliphatic carbocycles. The molecule has 1 spiro atoms. The van der Waals surface area contributed by atoms with Crippen molar-refractivity contribution in [2.75, 3.05) is 25.5 Å². The Morgan fingerprint density at radius 3 is 2.74 bits per heavy atom. The molecule has 1 heterocycles. The maximum atomic E-state index is 12.7. The second-order valence-electron chi connectivity index (χ2n) is 6.89. The van der Waals surface area contributed by atoms with Gasteiger partial charge in [-0.3, -0.25) is 4.79 Å². The molecule has 0 radical (unpaired) electrons. The minimum absolute atomic E-state index is 0.0516. The number of rotatable bonds is 5. The van der Waals surface area contributed by atoms with E-state index in [0.29, 0.717) is 17.2 Å². The zero-order valence-electron chi connectivity index (χ0n) is 14.1. The van der Waals surface area contributed by atoms with Crippen LogP contribution in [0.25, 0.3) is 0 Å². The maximum absolute atomic E-state index is 12.7. The van der Waals surface area contributed by atoms with Crippen LogP contribution < -0.4 is 20.1 Å². The Hall–Kier alpha value is -1.75. The Balaban J connectivity index is 1.72. The quantitative estimate of drug-likeness (QED) is 0.876. The minimum Gasteiger partial charge on any atom is -0.497 e. The molecule has 2 N–H and O–H groups in total. The molecule has 0 aromatic heterocycles. The minimum atomic E-state index is 0.0516. The molecule has 1 aromatic carbocycles. The van der Waals surface area contributed by atoms with Gasteiger partial charge in [-0.25, -0.2) is 0 Å². The Labute approximate surface area is 137 Å². The summed E-state index contributed by atoms with van der Waals surface area (Å²) in [6.07, 6.45) is 3.25. The standard InChI is InChI=1S/C18H26N2O3/c1-12(2)23-16-5-4-13(22-3)10-15(16)20-17(21)14-11-18(14)6-8-19-9-7-18/h4-5,10,12,14,19H,6-9,11H2,1-3H3,(H,20,21). The van der Waals surface area contributed by atoms with E-state index in [1.54, 1.807) is 7.11 Å². The lowest BCUT2D eigenvalue weighted by molar-refractivity contribution is -0.118. The second kappa shape index (κ2) is 6.40. The number of benzene rings is 1. The zero-order valence-corrected chi connectivity index (χ0v) is 14.1. The van der Waals surface area contributed by atoms with Crippen molar-refractivity contribution in [2.24, 2.45) is 11.3 Å². The number of hydrogen-bond donors (Lipinski definition) is 2. The van der Waals surface area contributed by atoms with Gasteiger partial charge >= 0.3 is 0 Å². The van der Waals surface area contributed by atoms with Gasteiger partial charge in [-0.15, -0.1) is 0 Å². The highest BCUT2D eigenvalue weighted by molar-refractivity contribution is 5.96. The van der Waals surface area contributed by atoms with E-state index in [-0.39, 0.29) is 23.3 Å². The van der Waals surface area contributed by atoms with Crippen molar-refractivity contribution in [1.29, 1.82) is 0 Å². The van der Waals surface area contributed by atoms with Crippen LogP contribution in [0, 0.1) is 11.3 Å². The van der Waals surface area contributed by atoms with Crippen molar-refractivity contribution < 1.29 is 14.3 Å². The summed E-state index contributed by atoms with van der Waals surface area (Å²) in [5, 5.41) is 6.43. The van der Waals surface area contributed by atoms with Gasteiger partial charge in [0.15, 0.2) is 0 Å². The van der Waals surface area contributed by atoms with E-state index in [0.717, 1.165) is 32.4 Å². The van der Waals surface area contributed by atoms with Crippen LogP contribution >= 0.6 is 0 Å². The van der Waals surface area contributed by atoms with Crippen molar-refractivity contribution in [3.8, 4) is 11.5 Å². The van der Waals surface area contributed by atoms with Gasteiger partial charge in [0, 0.05) is 12.0 Å². The lowest BCUT2D eigenvalue weighted by Crippen LogP contribution is -2.31. The van der Waals surface area contributed by atoms with E-state index in [9.17, 15) is 4.79 Å². The summed E-state index contributed by atoms with van der Waals surface area (Å²) in [5.74, 6) is 1.63. The summed E-state index contributed by atoms with van der Waals surface area (Å²) in [5.41, 5.74) is 0.923. The number of methoxy groups -OCH3 is 1. The van der Waals surface area contributed by atoms with E-state index in [1.165, 1.54) is 0 Å². The molecule has 1 unspecified atom stereocenters. The van der Waals surface area contributed by atoms with Gasteiger partial charge in [-0.05, 0) is 63.7 Å². The molecule has 2 fully saturated rings. The average Bonchev–Trinajstić information content (AvgIpc) is 3.22. The predicted molar refractivity (Wildman–Crippen MR) is 90.0 cm³/mol. The fourth-order valence-corrected chi connectivity index (χ4v) is 3.51. The topological polar surface area (TPSA) is 59.6 Å². The normalized spacial score (nSPS) is 22.0. The van der Waals surface area contributed by atoms with Gasteiger partial charge in [-0.1, -0.05) is 0 Å². The highest BCUT2D eigenvalue weighted by atomic mass is 16.5. The van der Waals surface area contributed by atoms with Gasteiger partial charge in [0.05, 0.1) is 18.9 Å². The monoisotopic (exact) mass is 318 g/mol. The van der Waals surface area contributed by atoms with Crippen LogP contribution in [0.5, 0.6) is 11.5 Å². The van der Waals surface area contributed by atoms with E-state index in [4.69, 9.17) is 9.47 Å². The first kappa shape index (κ1) is 16.1. The molecule has 1 aliphatic heterocycles. The van der Waals surface area contributed by atoms with Crippen LogP contribution in [0.2, 0.25) is 0 Å². The Bertz CT molecular complexity index is 580. The molecular weight excluding hydrogens is 292 g/mol. The van der Waals surface area contributed by atoms with Crippen molar-refractivity contribution in [3.63, 3.8) is 0 Å². The van der Waals surface area contributed by atoms with E-state index in [1.807, 2.05) is 32.0 Å². The summed E-state index contributed by atoms with van der Waals surface area (Å²) >= 11 is 0. The summed E-state index contributed by atoms with van der Waals surface area (Å²) in [6.45, 7) is 5.98. The first-order chi connectivity index (χ1) is 11.0. The van der Waals surface area contributed by atoms with Crippen LogP contribution in [0.15, 0.2) is 18.2 Å². The highest BCUT2D eigenvalue weighted by Gasteiger charge is 2.57. The number of carbonyl (C=O) groups is 1. The molecule has 3 rings (SSSR count). The zero-order chi connectivity index (χ0) is 16.4. The number of piperidine rings is 1. The van der Waals surface area contributed by atoms with Gasteiger partial charge in [-0.2, -0.15) is 0 Å². The van der Waals surface area contributed by atoms with E-state index >= 15 is 0 Å². The molecule has 23 heavy (non-hydrogen) atoms. The van der Waals surface area contributed by atoms with Crippen molar-refractivity contribution in [2.45, 2.75) is 39.2 Å². The highest BCUT2D eigenvalue weighted by Crippen LogP contribution is 2.58. The Morgan fingerprint density at radius 2 is 2.09 bits per heavy atom. The SMILES string of the molecule is COc1ccc(OC(C)C)c(NC(=O)C2CC23CCNCC3)c1. The van der Waals surface area contributed by atoms with Crippen molar-refractivity contribution >= 4 is 11.6 Å². The number of ether oxygens (including phenoxy) is 2. The lowest BCUT2D eigenvalue weighted by Gasteiger charge is -2.23. The Morgan fingerprint density at radius 1 is 1.35 bits per heavy atom. The predicted octanol–water partition coefficient (Wildman–Crippen LogP) is 2.81. The largest absolute Gasteiger partial charge is 0.497 e. The summed E-state index contributed by atoms with van der Waals surface area (Å²) in [7, 11) is 1.62. The van der Waals surface area contributed by atoms with Crippen LogP contribution in [0.3, 0.4) is 0 Å². The molecule has 5 heteroatoms. The number of nitrogens with one attached hydrogen (secondary N) is 2. The summed E-state index contributed by atoms with van der Waals surface area (Å²) in [4.78, 5) is 12.7. The van der Waals surface area contributed by atoms with Crippen molar-refractivity contribution in [3.05, 3.63) is 18.2 Å². The van der Waals surface area contributed by atoms with E-state index in [2.05, 4.69) is 10.6 Å². The number of carbonyl (C=O) groups excluding carboxylic acids is 1. The first-order valence-electron chi connectivity index (χ1n) is 8.40. The van der Waals surface area contributed by atoms with Gasteiger partial charge in [0.2, 0.25) is 5.91 Å². The van der Waals surface area contributed by atoms with Gasteiger partial charge in [0.25, 0.3) is 0 Å². The molecule has 2 aliphatic rings. The number of hydrogen-bond acceptors (Lipinski definition) is 4. The summed E-state index contributed by atoms with van der Waals surface area (Å²) in [6, 6.07) is 5.52. The number of amides is 1. The number of anilines is 1. The molecule has 0 bridgehead atoms. The molecule has 5 nitrogen and oxygen atoms in total. The third-order valence-electron chi connectivity index (χ3n) is 4.91. The van der Waals surface area contributed by atoms with Crippen LogP contribution in [-0.2, 0) is 4.79 Å². The molecule has 1 amide bonds. The van der Waals surface area contributed by atoms with Gasteiger partial charge < -0.3 is 20.1 Å². The fraction of sp³-hybridized carbons (Fsp3) is 0.611. The average molecular weight is 318 g/mol. The molecular formula is C18H26N2O3. The summed E-state index contributed by atoms with van der Waals surface area (Å²) < 4.78 is 11.1.